The molecule has 1 aliphatic heterocycles. The average Bonchev–Trinajstić information content (AvgIpc) is 3.11. The van der Waals surface area contributed by atoms with Crippen molar-refractivity contribution in [1.29, 1.82) is 0 Å². The van der Waals surface area contributed by atoms with Crippen LogP contribution >= 0.6 is 11.6 Å². The van der Waals surface area contributed by atoms with Crippen LogP contribution in [0.3, 0.4) is 0 Å². The molecule has 1 aromatic heterocycles. The molecule has 126 valence electrons. The second-order valence-electron chi connectivity index (χ2n) is 6.18. The standard InChI is InChI=1S/C19H22ClN3O/c1-14-8-9-15(12-21-14)19(24)22-13-18(23-10-4-5-11-23)16-6-2-3-7-17(16)20/h2-3,6-9,12,18H,4-5,10-11,13H2,1H3,(H,22,24). The normalized spacial score (nSPS) is 16.1. The molecule has 1 N–H and O–H groups in total. The largest absolute Gasteiger partial charge is 0.350 e. The highest BCUT2D eigenvalue weighted by molar-refractivity contribution is 6.31. The van der Waals surface area contributed by atoms with Crippen LogP contribution < -0.4 is 5.32 Å². The molecule has 1 fully saturated rings. The number of hydrogen-bond donors (Lipinski definition) is 1. The van der Waals surface area contributed by atoms with Gasteiger partial charge in [-0.3, -0.25) is 14.7 Å². The quantitative estimate of drug-likeness (QED) is 0.902. The number of amides is 1. The van der Waals surface area contributed by atoms with Gasteiger partial charge in [0.1, 0.15) is 0 Å². The number of halogens is 1. The van der Waals surface area contributed by atoms with Crippen molar-refractivity contribution in [2.75, 3.05) is 19.6 Å². The lowest BCUT2D eigenvalue weighted by Gasteiger charge is -2.29. The van der Waals surface area contributed by atoms with Crippen LogP contribution in [0.15, 0.2) is 42.6 Å². The van der Waals surface area contributed by atoms with E-state index in [0.717, 1.165) is 29.4 Å². The van der Waals surface area contributed by atoms with E-state index in [9.17, 15) is 4.79 Å². The number of carbonyl (C=O) groups is 1. The summed E-state index contributed by atoms with van der Waals surface area (Å²) in [5.74, 6) is -0.0984. The first-order valence-electron chi connectivity index (χ1n) is 8.34. The predicted octanol–water partition coefficient (Wildman–Crippen LogP) is 3.61. The van der Waals surface area contributed by atoms with Gasteiger partial charge in [-0.1, -0.05) is 29.8 Å². The molecule has 3 rings (SSSR count). The van der Waals surface area contributed by atoms with Gasteiger partial charge in [0, 0.05) is 23.5 Å². The molecule has 1 unspecified atom stereocenters. The van der Waals surface area contributed by atoms with E-state index in [1.807, 2.05) is 37.3 Å². The van der Waals surface area contributed by atoms with Gasteiger partial charge in [-0.2, -0.15) is 0 Å². The van der Waals surface area contributed by atoms with E-state index in [1.54, 1.807) is 12.3 Å². The highest BCUT2D eigenvalue weighted by Gasteiger charge is 2.25. The van der Waals surface area contributed by atoms with Gasteiger partial charge in [-0.05, 0) is 56.6 Å². The molecule has 24 heavy (non-hydrogen) atoms. The lowest BCUT2D eigenvalue weighted by molar-refractivity contribution is 0.0937. The third kappa shape index (κ3) is 3.94. The Labute approximate surface area is 147 Å². The maximum absolute atomic E-state index is 12.4. The summed E-state index contributed by atoms with van der Waals surface area (Å²) >= 11 is 6.40. The zero-order chi connectivity index (χ0) is 16.9. The fraction of sp³-hybridized carbons (Fsp3) is 0.368. The van der Waals surface area contributed by atoms with Crippen LogP contribution in [0, 0.1) is 6.92 Å². The molecule has 4 nitrogen and oxygen atoms in total. The topological polar surface area (TPSA) is 45.2 Å². The summed E-state index contributed by atoms with van der Waals surface area (Å²) in [7, 11) is 0. The Morgan fingerprint density at radius 3 is 2.67 bits per heavy atom. The van der Waals surface area contributed by atoms with Gasteiger partial charge in [0.2, 0.25) is 0 Å². The van der Waals surface area contributed by atoms with Crippen LogP contribution in [0.5, 0.6) is 0 Å². The van der Waals surface area contributed by atoms with Crippen LogP contribution in [0.25, 0.3) is 0 Å². The van der Waals surface area contributed by atoms with Gasteiger partial charge >= 0.3 is 0 Å². The van der Waals surface area contributed by atoms with Crippen LogP contribution in [-0.4, -0.2) is 35.4 Å². The summed E-state index contributed by atoms with van der Waals surface area (Å²) in [4.78, 5) is 19.0. The second-order valence-corrected chi connectivity index (χ2v) is 6.59. The fourth-order valence-electron chi connectivity index (χ4n) is 3.13. The first-order valence-corrected chi connectivity index (χ1v) is 8.72. The Bertz CT molecular complexity index is 696. The summed E-state index contributed by atoms with van der Waals surface area (Å²) < 4.78 is 0. The number of carbonyl (C=O) groups excluding carboxylic acids is 1. The van der Waals surface area contributed by atoms with E-state index >= 15 is 0 Å². The Balaban J connectivity index is 1.73. The van der Waals surface area contributed by atoms with Crippen molar-refractivity contribution < 1.29 is 4.79 Å². The number of aryl methyl sites for hydroxylation is 1. The summed E-state index contributed by atoms with van der Waals surface area (Å²) in [6.45, 7) is 4.52. The Kier molecular flexibility index (Phi) is 5.48. The van der Waals surface area contributed by atoms with E-state index in [-0.39, 0.29) is 11.9 Å². The molecule has 5 heteroatoms. The first-order chi connectivity index (χ1) is 11.6. The molecule has 1 saturated heterocycles. The molecule has 1 amide bonds. The number of benzene rings is 1. The lowest BCUT2D eigenvalue weighted by Crippen LogP contribution is -2.37. The first kappa shape index (κ1) is 16.9. The van der Waals surface area contributed by atoms with Crippen molar-refractivity contribution in [3.8, 4) is 0 Å². The van der Waals surface area contributed by atoms with E-state index in [1.165, 1.54) is 12.8 Å². The molecule has 2 heterocycles. The monoisotopic (exact) mass is 343 g/mol. The van der Waals surface area contributed by atoms with E-state index < -0.39 is 0 Å². The number of aromatic nitrogens is 1. The Morgan fingerprint density at radius 2 is 2.00 bits per heavy atom. The van der Waals surface area contributed by atoms with Gasteiger partial charge in [0.15, 0.2) is 0 Å². The summed E-state index contributed by atoms with van der Waals surface area (Å²) in [6.07, 6.45) is 4.00. The van der Waals surface area contributed by atoms with E-state index in [4.69, 9.17) is 11.6 Å². The average molecular weight is 344 g/mol. The third-order valence-electron chi connectivity index (χ3n) is 4.48. The van der Waals surface area contributed by atoms with Crippen molar-refractivity contribution in [1.82, 2.24) is 15.2 Å². The van der Waals surface area contributed by atoms with Gasteiger partial charge < -0.3 is 5.32 Å². The summed E-state index contributed by atoms with van der Waals surface area (Å²) in [5, 5.41) is 3.79. The van der Waals surface area contributed by atoms with Crippen molar-refractivity contribution >= 4 is 17.5 Å². The maximum atomic E-state index is 12.4. The van der Waals surface area contributed by atoms with Crippen molar-refractivity contribution in [2.24, 2.45) is 0 Å². The Morgan fingerprint density at radius 1 is 1.25 bits per heavy atom. The maximum Gasteiger partial charge on any atom is 0.252 e. The van der Waals surface area contributed by atoms with Crippen LogP contribution in [0.1, 0.15) is 40.5 Å². The number of likely N-dealkylation sites (tertiary alicyclic amines) is 1. The fourth-order valence-corrected chi connectivity index (χ4v) is 3.39. The van der Waals surface area contributed by atoms with Gasteiger partial charge in [0.05, 0.1) is 11.6 Å². The highest BCUT2D eigenvalue weighted by Crippen LogP contribution is 2.29. The predicted molar refractivity (Wildman–Crippen MR) is 96.3 cm³/mol. The molecular weight excluding hydrogens is 322 g/mol. The number of nitrogens with one attached hydrogen (secondary N) is 1. The summed E-state index contributed by atoms with van der Waals surface area (Å²) in [5.41, 5.74) is 2.56. The molecule has 1 aromatic carbocycles. The van der Waals surface area contributed by atoms with E-state index in [2.05, 4.69) is 15.2 Å². The van der Waals surface area contributed by atoms with Gasteiger partial charge in [-0.15, -0.1) is 0 Å². The van der Waals surface area contributed by atoms with Gasteiger partial charge in [0.25, 0.3) is 5.91 Å². The molecule has 0 radical (unpaired) electrons. The molecule has 1 aliphatic rings. The molecule has 0 bridgehead atoms. The van der Waals surface area contributed by atoms with Crippen LogP contribution in [-0.2, 0) is 0 Å². The van der Waals surface area contributed by atoms with Crippen molar-refractivity contribution in [3.63, 3.8) is 0 Å². The zero-order valence-electron chi connectivity index (χ0n) is 13.8. The van der Waals surface area contributed by atoms with Crippen LogP contribution in [0.2, 0.25) is 5.02 Å². The number of nitrogens with zero attached hydrogens (tertiary/aromatic N) is 2. The lowest BCUT2D eigenvalue weighted by atomic mass is 10.1. The van der Waals surface area contributed by atoms with Crippen LogP contribution in [0.4, 0.5) is 0 Å². The molecule has 0 aliphatic carbocycles. The zero-order valence-corrected chi connectivity index (χ0v) is 14.6. The minimum atomic E-state index is -0.0984. The van der Waals surface area contributed by atoms with Crippen molar-refractivity contribution in [2.45, 2.75) is 25.8 Å². The molecule has 0 spiro atoms. The number of hydrogen-bond acceptors (Lipinski definition) is 3. The minimum Gasteiger partial charge on any atom is -0.350 e. The molecule has 1 atom stereocenters. The van der Waals surface area contributed by atoms with E-state index in [0.29, 0.717) is 12.1 Å². The van der Waals surface area contributed by atoms with Gasteiger partial charge in [-0.25, -0.2) is 0 Å². The minimum absolute atomic E-state index is 0.0984. The van der Waals surface area contributed by atoms with Crippen molar-refractivity contribution in [3.05, 3.63) is 64.4 Å². The smallest absolute Gasteiger partial charge is 0.252 e. The number of rotatable bonds is 5. The second kappa shape index (κ2) is 7.77. The molecule has 0 saturated carbocycles. The molecule has 2 aromatic rings. The number of pyridine rings is 1. The third-order valence-corrected chi connectivity index (χ3v) is 4.82. The highest BCUT2D eigenvalue weighted by atomic mass is 35.5. The Hall–Kier alpha value is -1.91. The SMILES string of the molecule is Cc1ccc(C(=O)NCC(c2ccccc2Cl)N2CCCC2)cn1. The summed E-state index contributed by atoms with van der Waals surface area (Å²) in [6, 6.07) is 11.6. The molecular formula is C19H22ClN3O.